The highest BCUT2D eigenvalue weighted by molar-refractivity contribution is 5.22. The molecule has 0 spiro atoms. The molecule has 0 N–H and O–H groups in total. The van der Waals surface area contributed by atoms with Gasteiger partial charge in [0.1, 0.15) is 0 Å². The molecule has 0 aliphatic heterocycles. The van der Waals surface area contributed by atoms with E-state index in [1.807, 2.05) is 12.1 Å². The van der Waals surface area contributed by atoms with Crippen molar-refractivity contribution in [2.24, 2.45) is 5.92 Å². The highest BCUT2D eigenvalue weighted by Crippen LogP contribution is 2.30. The van der Waals surface area contributed by atoms with Gasteiger partial charge >= 0.3 is 0 Å². The Kier molecular flexibility index (Phi) is 9.08. The summed E-state index contributed by atoms with van der Waals surface area (Å²) in [6.45, 7) is 2.96. The van der Waals surface area contributed by atoms with Crippen LogP contribution < -0.4 is 0 Å². The molecule has 1 aliphatic rings. The standard InChI is InChI=1S/C23H31NO/c1-2-8-20-10-12-22(13-11-20)19-25-23-16-14-21(15-17-23)9-6-4-3-5-7-18-24/h3-5,7,10-13,21,23H,2,6,8-9,14-17,19H2,1H3. The minimum Gasteiger partial charge on any atom is -0.374 e. The lowest BCUT2D eigenvalue weighted by atomic mass is 9.84. The summed E-state index contributed by atoms with van der Waals surface area (Å²) in [5, 5.41) is 8.42. The number of hydrogen-bond acceptors (Lipinski definition) is 2. The fraction of sp³-hybridized carbons (Fsp3) is 0.522. The second-order valence-electron chi connectivity index (χ2n) is 7.01. The van der Waals surface area contributed by atoms with Gasteiger partial charge in [0.2, 0.25) is 0 Å². The van der Waals surface area contributed by atoms with Crippen LogP contribution in [0.25, 0.3) is 0 Å². The largest absolute Gasteiger partial charge is 0.374 e. The van der Waals surface area contributed by atoms with Crippen molar-refractivity contribution in [2.75, 3.05) is 0 Å². The van der Waals surface area contributed by atoms with Crippen molar-refractivity contribution in [3.63, 3.8) is 0 Å². The SMILES string of the molecule is CCCc1ccc(COC2CCC(CCC=CC=CC#N)CC2)cc1. The van der Waals surface area contributed by atoms with Crippen molar-refractivity contribution >= 4 is 0 Å². The molecule has 0 aromatic heterocycles. The Morgan fingerprint density at radius 1 is 1.08 bits per heavy atom. The van der Waals surface area contributed by atoms with Crippen LogP contribution >= 0.6 is 0 Å². The fourth-order valence-electron chi connectivity index (χ4n) is 3.50. The molecule has 1 aliphatic carbocycles. The summed E-state index contributed by atoms with van der Waals surface area (Å²) < 4.78 is 6.13. The number of hydrogen-bond donors (Lipinski definition) is 0. The molecule has 134 valence electrons. The lowest BCUT2D eigenvalue weighted by Gasteiger charge is -2.28. The molecule has 2 rings (SSSR count). The van der Waals surface area contributed by atoms with E-state index in [0.717, 1.165) is 25.4 Å². The van der Waals surface area contributed by atoms with Gasteiger partial charge in [0.15, 0.2) is 0 Å². The van der Waals surface area contributed by atoms with Crippen LogP contribution in [0.4, 0.5) is 0 Å². The summed E-state index contributed by atoms with van der Waals surface area (Å²) in [6, 6.07) is 10.9. The Balaban J connectivity index is 1.61. The zero-order valence-electron chi connectivity index (χ0n) is 15.5. The minimum atomic E-state index is 0.431. The molecule has 2 nitrogen and oxygen atoms in total. The number of benzene rings is 1. The van der Waals surface area contributed by atoms with Gasteiger partial charge < -0.3 is 4.74 Å². The van der Waals surface area contributed by atoms with Crippen molar-refractivity contribution in [3.8, 4) is 6.07 Å². The average Bonchev–Trinajstić information content (AvgIpc) is 2.65. The van der Waals surface area contributed by atoms with Crippen molar-refractivity contribution in [1.29, 1.82) is 5.26 Å². The predicted octanol–water partition coefficient (Wildman–Crippen LogP) is 6.13. The first-order chi connectivity index (χ1) is 12.3. The monoisotopic (exact) mass is 337 g/mol. The first kappa shape index (κ1) is 19.5. The molecular formula is C23H31NO. The van der Waals surface area contributed by atoms with E-state index in [0.29, 0.717) is 6.10 Å². The van der Waals surface area contributed by atoms with Crippen LogP contribution in [0.5, 0.6) is 0 Å². The number of nitriles is 1. The summed E-state index contributed by atoms with van der Waals surface area (Å²) in [5.41, 5.74) is 2.71. The lowest BCUT2D eigenvalue weighted by molar-refractivity contribution is 0.00646. The van der Waals surface area contributed by atoms with Gasteiger partial charge in [0.25, 0.3) is 0 Å². The summed E-state index contributed by atoms with van der Waals surface area (Å²) in [7, 11) is 0. The van der Waals surface area contributed by atoms with Crippen molar-refractivity contribution < 1.29 is 4.74 Å². The smallest absolute Gasteiger partial charge is 0.0912 e. The van der Waals surface area contributed by atoms with E-state index in [4.69, 9.17) is 10.00 Å². The first-order valence-electron chi connectivity index (χ1n) is 9.72. The average molecular weight is 338 g/mol. The Morgan fingerprint density at radius 2 is 1.80 bits per heavy atom. The van der Waals surface area contributed by atoms with Gasteiger partial charge in [-0.05, 0) is 62.0 Å². The predicted molar refractivity (Wildman–Crippen MR) is 104 cm³/mol. The molecule has 0 radical (unpaired) electrons. The Bertz CT molecular complexity index is 571. The normalized spacial score (nSPS) is 21.0. The highest BCUT2D eigenvalue weighted by atomic mass is 16.5. The number of ether oxygens (including phenoxy) is 1. The third-order valence-electron chi connectivity index (χ3n) is 5.00. The van der Waals surface area contributed by atoms with Gasteiger partial charge in [-0.2, -0.15) is 5.26 Å². The maximum Gasteiger partial charge on any atom is 0.0912 e. The van der Waals surface area contributed by atoms with Crippen LogP contribution in [0.2, 0.25) is 0 Å². The Hall–Kier alpha value is -1.85. The highest BCUT2D eigenvalue weighted by Gasteiger charge is 2.21. The van der Waals surface area contributed by atoms with Crippen molar-refractivity contribution in [3.05, 3.63) is 59.7 Å². The van der Waals surface area contributed by atoms with Gasteiger partial charge in [0.05, 0.1) is 18.8 Å². The molecule has 25 heavy (non-hydrogen) atoms. The van der Waals surface area contributed by atoms with E-state index in [1.54, 1.807) is 6.08 Å². The number of rotatable bonds is 9. The van der Waals surface area contributed by atoms with Crippen LogP contribution in [0.1, 0.15) is 63.0 Å². The lowest BCUT2D eigenvalue weighted by Crippen LogP contribution is -2.21. The molecule has 1 saturated carbocycles. The number of nitrogens with zero attached hydrogens (tertiary/aromatic N) is 1. The molecule has 1 aromatic rings. The molecule has 1 aromatic carbocycles. The fourth-order valence-corrected chi connectivity index (χ4v) is 3.50. The molecular weight excluding hydrogens is 306 g/mol. The van der Waals surface area contributed by atoms with Crippen LogP contribution in [0, 0.1) is 17.2 Å². The molecule has 0 saturated heterocycles. The van der Waals surface area contributed by atoms with Crippen LogP contribution in [0.3, 0.4) is 0 Å². The third kappa shape index (κ3) is 7.71. The quantitative estimate of drug-likeness (QED) is 0.401. The molecule has 1 fully saturated rings. The van der Waals surface area contributed by atoms with Gasteiger partial charge in [-0.15, -0.1) is 0 Å². The molecule has 2 heteroatoms. The van der Waals surface area contributed by atoms with E-state index >= 15 is 0 Å². The van der Waals surface area contributed by atoms with Crippen LogP contribution in [0.15, 0.2) is 48.6 Å². The van der Waals surface area contributed by atoms with E-state index < -0.39 is 0 Å². The molecule has 0 atom stereocenters. The zero-order chi connectivity index (χ0) is 17.7. The topological polar surface area (TPSA) is 33.0 Å². The maximum atomic E-state index is 8.42. The van der Waals surface area contributed by atoms with E-state index in [-0.39, 0.29) is 0 Å². The zero-order valence-corrected chi connectivity index (χ0v) is 15.5. The minimum absolute atomic E-state index is 0.431. The second-order valence-corrected chi connectivity index (χ2v) is 7.01. The number of aryl methyl sites for hydroxylation is 1. The van der Waals surface area contributed by atoms with Crippen molar-refractivity contribution in [2.45, 2.75) is 71.0 Å². The maximum absolute atomic E-state index is 8.42. The first-order valence-corrected chi connectivity index (χ1v) is 9.72. The summed E-state index contributed by atoms with van der Waals surface area (Å²) in [5.74, 6) is 0.831. The summed E-state index contributed by atoms with van der Waals surface area (Å²) in [4.78, 5) is 0. The molecule has 0 amide bonds. The van der Waals surface area contributed by atoms with Gasteiger partial charge in [-0.1, -0.05) is 55.8 Å². The van der Waals surface area contributed by atoms with Crippen LogP contribution in [-0.2, 0) is 17.8 Å². The van der Waals surface area contributed by atoms with Gasteiger partial charge in [-0.25, -0.2) is 0 Å². The van der Waals surface area contributed by atoms with Crippen molar-refractivity contribution in [1.82, 2.24) is 0 Å². The Labute approximate surface area is 153 Å². The molecule has 0 heterocycles. The molecule has 0 unspecified atom stereocenters. The third-order valence-corrected chi connectivity index (χ3v) is 5.00. The second kappa shape index (κ2) is 11.7. The number of allylic oxidation sites excluding steroid dienone is 4. The van der Waals surface area contributed by atoms with E-state index in [9.17, 15) is 0 Å². The summed E-state index contributed by atoms with van der Waals surface area (Å²) >= 11 is 0. The molecule has 0 bridgehead atoms. The van der Waals surface area contributed by atoms with Gasteiger partial charge in [0, 0.05) is 6.08 Å². The van der Waals surface area contributed by atoms with E-state index in [2.05, 4.69) is 37.3 Å². The van der Waals surface area contributed by atoms with Gasteiger partial charge in [-0.3, -0.25) is 0 Å². The van der Waals surface area contributed by atoms with Crippen LogP contribution in [-0.4, -0.2) is 6.10 Å². The Morgan fingerprint density at radius 3 is 2.48 bits per heavy atom. The summed E-state index contributed by atoms with van der Waals surface area (Å²) in [6.07, 6.45) is 17.6. The van der Waals surface area contributed by atoms with E-state index in [1.165, 1.54) is 55.7 Å².